The van der Waals surface area contributed by atoms with Crippen molar-refractivity contribution in [2.45, 2.75) is 24.5 Å². The normalized spacial score (nSPS) is 15.5. The third kappa shape index (κ3) is 4.44. The van der Waals surface area contributed by atoms with E-state index in [9.17, 15) is 14.0 Å². The SMILES string of the molecule is CCOc1ccc(N2C(=O)CSc3c(c4ccccc4n3C)C2C(=O)NCc2ccc(F)cc2)cc1. The van der Waals surface area contributed by atoms with Crippen LogP contribution in [0.25, 0.3) is 10.9 Å². The number of para-hydroxylation sites is 1. The predicted molar refractivity (Wildman–Crippen MR) is 140 cm³/mol. The third-order valence-electron chi connectivity index (χ3n) is 6.28. The number of carbonyl (C=O) groups is 2. The number of fused-ring (bicyclic) bond motifs is 3. The van der Waals surface area contributed by atoms with Gasteiger partial charge in [-0.2, -0.15) is 0 Å². The number of halogens is 1. The van der Waals surface area contributed by atoms with Crippen LogP contribution in [0, 0.1) is 5.82 Å². The van der Waals surface area contributed by atoms with Gasteiger partial charge in [-0.3, -0.25) is 14.5 Å². The largest absolute Gasteiger partial charge is 0.494 e. The second kappa shape index (κ2) is 10.1. The van der Waals surface area contributed by atoms with Gasteiger partial charge in [0.05, 0.1) is 17.4 Å². The van der Waals surface area contributed by atoms with Gasteiger partial charge in [0.25, 0.3) is 0 Å². The molecule has 36 heavy (non-hydrogen) atoms. The van der Waals surface area contributed by atoms with Crippen LogP contribution in [0.3, 0.4) is 0 Å². The number of benzene rings is 3. The van der Waals surface area contributed by atoms with E-state index in [1.807, 2.05) is 67.1 Å². The number of nitrogens with zero attached hydrogens (tertiary/aromatic N) is 2. The number of ether oxygens (including phenoxy) is 1. The number of anilines is 1. The van der Waals surface area contributed by atoms with Crippen molar-refractivity contribution in [3.8, 4) is 5.75 Å². The van der Waals surface area contributed by atoms with Gasteiger partial charge in [-0.05, 0) is 55.0 Å². The number of hydrogen-bond acceptors (Lipinski definition) is 4. The summed E-state index contributed by atoms with van der Waals surface area (Å²) in [6, 6.07) is 20.3. The first-order valence-electron chi connectivity index (χ1n) is 11.7. The number of aryl methyl sites for hydroxylation is 1. The van der Waals surface area contributed by atoms with E-state index in [1.54, 1.807) is 17.0 Å². The summed E-state index contributed by atoms with van der Waals surface area (Å²) in [5.41, 5.74) is 3.18. The lowest BCUT2D eigenvalue weighted by Crippen LogP contribution is -2.43. The number of hydrogen-bond donors (Lipinski definition) is 1. The Bertz CT molecular complexity index is 1420. The Morgan fingerprint density at radius 3 is 2.53 bits per heavy atom. The molecule has 0 radical (unpaired) electrons. The van der Waals surface area contributed by atoms with Crippen LogP contribution in [0.15, 0.2) is 77.8 Å². The number of carbonyl (C=O) groups excluding carboxylic acids is 2. The van der Waals surface area contributed by atoms with E-state index in [-0.39, 0.29) is 29.9 Å². The molecule has 0 bridgehead atoms. The summed E-state index contributed by atoms with van der Waals surface area (Å²) < 4.78 is 21.0. The van der Waals surface area contributed by atoms with Crippen LogP contribution in [0.4, 0.5) is 10.1 Å². The van der Waals surface area contributed by atoms with Crippen LogP contribution in [0.2, 0.25) is 0 Å². The fraction of sp³-hybridized carbons (Fsp3) is 0.214. The highest BCUT2D eigenvalue weighted by Crippen LogP contribution is 2.43. The number of amides is 2. The van der Waals surface area contributed by atoms with E-state index in [4.69, 9.17) is 4.74 Å². The van der Waals surface area contributed by atoms with Gasteiger partial charge in [0.2, 0.25) is 11.8 Å². The van der Waals surface area contributed by atoms with Crippen molar-refractivity contribution in [1.29, 1.82) is 0 Å². The summed E-state index contributed by atoms with van der Waals surface area (Å²) in [6.45, 7) is 2.66. The van der Waals surface area contributed by atoms with Crippen molar-refractivity contribution in [3.05, 3.63) is 89.7 Å². The average molecular weight is 504 g/mol. The molecule has 1 N–H and O–H groups in total. The Morgan fingerprint density at radius 1 is 1.08 bits per heavy atom. The zero-order valence-corrected chi connectivity index (χ0v) is 20.8. The Hall–Kier alpha value is -3.78. The fourth-order valence-electron chi connectivity index (χ4n) is 4.61. The molecule has 0 saturated carbocycles. The second-order valence-electron chi connectivity index (χ2n) is 8.52. The van der Waals surface area contributed by atoms with E-state index in [0.717, 1.165) is 27.1 Å². The van der Waals surface area contributed by atoms with Gasteiger partial charge in [-0.15, -0.1) is 0 Å². The molecule has 1 aliphatic heterocycles. The topological polar surface area (TPSA) is 63.6 Å². The number of thioether (sulfide) groups is 1. The van der Waals surface area contributed by atoms with Gasteiger partial charge < -0.3 is 14.6 Å². The molecular weight excluding hydrogens is 477 g/mol. The molecule has 0 saturated heterocycles. The van der Waals surface area contributed by atoms with Crippen molar-refractivity contribution in [2.24, 2.45) is 7.05 Å². The van der Waals surface area contributed by atoms with Gasteiger partial charge in [0.15, 0.2) is 0 Å². The molecule has 0 aliphatic carbocycles. The molecule has 2 amide bonds. The van der Waals surface area contributed by atoms with E-state index in [0.29, 0.717) is 18.0 Å². The Balaban J connectivity index is 1.60. The zero-order valence-electron chi connectivity index (χ0n) is 20.0. The second-order valence-corrected chi connectivity index (χ2v) is 9.49. The van der Waals surface area contributed by atoms with Crippen LogP contribution in [-0.2, 0) is 23.2 Å². The molecule has 184 valence electrons. The summed E-state index contributed by atoms with van der Waals surface area (Å²) in [5.74, 6) is 0.0965. The maximum atomic E-state index is 13.9. The van der Waals surface area contributed by atoms with Crippen molar-refractivity contribution < 1.29 is 18.7 Å². The quantitative estimate of drug-likeness (QED) is 0.392. The van der Waals surface area contributed by atoms with Gasteiger partial charge in [-0.1, -0.05) is 42.1 Å². The van der Waals surface area contributed by atoms with Crippen molar-refractivity contribution >= 4 is 40.2 Å². The number of rotatable bonds is 6. The molecule has 0 fully saturated rings. The van der Waals surface area contributed by atoms with E-state index in [1.165, 1.54) is 23.9 Å². The molecule has 3 aromatic carbocycles. The molecule has 6 nitrogen and oxygen atoms in total. The first-order chi connectivity index (χ1) is 17.5. The van der Waals surface area contributed by atoms with Crippen LogP contribution < -0.4 is 15.0 Å². The smallest absolute Gasteiger partial charge is 0.248 e. The fourth-order valence-corrected chi connectivity index (χ4v) is 5.68. The minimum atomic E-state index is -0.882. The van der Waals surface area contributed by atoms with Crippen molar-refractivity contribution in [3.63, 3.8) is 0 Å². The predicted octanol–water partition coefficient (Wildman–Crippen LogP) is 5.21. The highest BCUT2D eigenvalue weighted by atomic mass is 32.2. The average Bonchev–Trinajstić information content (AvgIpc) is 3.06. The standard InChI is InChI=1S/C28H26FN3O3S/c1-3-35-21-14-12-20(13-15-21)32-24(33)17-36-28-25(22-6-4-5-7-23(22)31(28)2)26(32)27(34)30-16-18-8-10-19(29)11-9-18/h4-15,26H,3,16-17H2,1-2H3,(H,30,34). The van der Waals surface area contributed by atoms with E-state index in [2.05, 4.69) is 5.32 Å². The molecule has 1 aliphatic rings. The summed E-state index contributed by atoms with van der Waals surface area (Å²) in [5, 5.41) is 4.80. The van der Waals surface area contributed by atoms with Crippen LogP contribution in [0.5, 0.6) is 5.75 Å². The monoisotopic (exact) mass is 503 g/mol. The number of aromatic nitrogens is 1. The van der Waals surface area contributed by atoms with E-state index < -0.39 is 6.04 Å². The van der Waals surface area contributed by atoms with Gasteiger partial charge in [0.1, 0.15) is 17.6 Å². The van der Waals surface area contributed by atoms with Crippen LogP contribution in [-0.4, -0.2) is 28.7 Å². The van der Waals surface area contributed by atoms with Crippen LogP contribution in [0.1, 0.15) is 24.1 Å². The van der Waals surface area contributed by atoms with Crippen LogP contribution >= 0.6 is 11.8 Å². The van der Waals surface area contributed by atoms with Gasteiger partial charge >= 0.3 is 0 Å². The lowest BCUT2D eigenvalue weighted by molar-refractivity contribution is -0.125. The van der Waals surface area contributed by atoms with Gasteiger partial charge in [0, 0.05) is 35.7 Å². The van der Waals surface area contributed by atoms with E-state index >= 15 is 0 Å². The van der Waals surface area contributed by atoms with Crippen molar-refractivity contribution in [1.82, 2.24) is 9.88 Å². The molecule has 2 heterocycles. The Kier molecular flexibility index (Phi) is 6.69. The zero-order chi connectivity index (χ0) is 25.2. The molecule has 0 spiro atoms. The minimum absolute atomic E-state index is 0.161. The summed E-state index contributed by atoms with van der Waals surface area (Å²) in [6.07, 6.45) is 0. The maximum Gasteiger partial charge on any atom is 0.248 e. The Labute approximate surface area is 213 Å². The summed E-state index contributed by atoms with van der Waals surface area (Å²) in [4.78, 5) is 29.0. The number of nitrogens with one attached hydrogen (secondary N) is 1. The molecule has 1 atom stereocenters. The molecule has 8 heteroatoms. The van der Waals surface area contributed by atoms with Crippen molar-refractivity contribution in [2.75, 3.05) is 17.3 Å². The summed E-state index contributed by atoms with van der Waals surface area (Å²) in [7, 11) is 1.96. The molecule has 1 aromatic heterocycles. The lowest BCUT2D eigenvalue weighted by Gasteiger charge is -2.30. The first-order valence-corrected chi connectivity index (χ1v) is 12.7. The molecule has 1 unspecified atom stereocenters. The molecule has 5 rings (SSSR count). The third-order valence-corrected chi connectivity index (χ3v) is 7.44. The maximum absolute atomic E-state index is 13.9. The highest BCUT2D eigenvalue weighted by molar-refractivity contribution is 8.00. The lowest BCUT2D eigenvalue weighted by atomic mass is 10.0. The minimum Gasteiger partial charge on any atom is -0.494 e. The van der Waals surface area contributed by atoms with Gasteiger partial charge in [-0.25, -0.2) is 4.39 Å². The molecule has 4 aromatic rings. The Morgan fingerprint density at radius 2 is 1.81 bits per heavy atom. The highest BCUT2D eigenvalue weighted by Gasteiger charge is 2.39. The first kappa shape index (κ1) is 23.9. The molecular formula is C28H26FN3O3S. The summed E-state index contributed by atoms with van der Waals surface area (Å²) >= 11 is 1.44.